The van der Waals surface area contributed by atoms with Crippen LogP contribution in [-0.4, -0.2) is 12.2 Å². The SMILES string of the molecule is COc1cc(Cl)ccc1C(O)c1cc(Br)c(C)s1. The first kappa shape index (κ1) is 13.9. The van der Waals surface area contributed by atoms with Gasteiger partial charge in [0.05, 0.1) is 7.11 Å². The van der Waals surface area contributed by atoms with E-state index in [4.69, 9.17) is 16.3 Å². The van der Waals surface area contributed by atoms with Crippen molar-refractivity contribution in [1.82, 2.24) is 0 Å². The third kappa shape index (κ3) is 2.72. The lowest BCUT2D eigenvalue weighted by atomic mass is 10.1. The molecule has 0 aliphatic rings. The topological polar surface area (TPSA) is 29.5 Å². The van der Waals surface area contributed by atoms with Crippen LogP contribution in [0, 0.1) is 6.92 Å². The molecule has 0 aliphatic heterocycles. The maximum Gasteiger partial charge on any atom is 0.126 e. The highest BCUT2D eigenvalue weighted by Crippen LogP contribution is 2.37. The maximum atomic E-state index is 10.4. The van der Waals surface area contributed by atoms with Gasteiger partial charge in [-0.25, -0.2) is 0 Å². The average molecular weight is 348 g/mol. The van der Waals surface area contributed by atoms with Gasteiger partial charge in [0.25, 0.3) is 0 Å². The number of thiophene rings is 1. The van der Waals surface area contributed by atoms with Crippen LogP contribution in [0.1, 0.15) is 21.4 Å². The van der Waals surface area contributed by atoms with Crippen molar-refractivity contribution in [1.29, 1.82) is 0 Å². The summed E-state index contributed by atoms with van der Waals surface area (Å²) < 4.78 is 6.26. The molecule has 0 bridgehead atoms. The molecule has 1 N–H and O–H groups in total. The van der Waals surface area contributed by atoms with Crippen LogP contribution in [0.15, 0.2) is 28.7 Å². The van der Waals surface area contributed by atoms with Crippen molar-refractivity contribution >= 4 is 38.9 Å². The predicted molar refractivity (Wildman–Crippen MR) is 78.8 cm³/mol. The molecule has 1 aromatic carbocycles. The van der Waals surface area contributed by atoms with E-state index in [1.165, 1.54) is 0 Å². The first-order chi connectivity index (χ1) is 8.52. The highest BCUT2D eigenvalue weighted by Gasteiger charge is 2.18. The number of rotatable bonds is 3. The second-order valence-electron chi connectivity index (χ2n) is 3.84. The number of methoxy groups -OCH3 is 1. The Morgan fingerprint density at radius 1 is 1.39 bits per heavy atom. The van der Waals surface area contributed by atoms with Gasteiger partial charge in [-0.05, 0) is 41.1 Å². The number of aliphatic hydroxyl groups excluding tert-OH is 1. The van der Waals surface area contributed by atoms with Crippen molar-refractivity contribution in [3.8, 4) is 5.75 Å². The molecule has 0 amide bonds. The van der Waals surface area contributed by atoms with Crippen molar-refractivity contribution in [2.24, 2.45) is 0 Å². The molecular formula is C13H12BrClO2S. The number of aliphatic hydroxyl groups is 1. The Labute approximate surface area is 123 Å². The van der Waals surface area contributed by atoms with Crippen LogP contribution < -0.4 is 4.74 Å². The van der Waals surface area contributed by atoms with Crippen LogP contribution in [0.25, 0.3) is 0 Å². The van der Waals surface area contributed by atoms with E-state index in [0.29, 0.717) is 10.8 Å². The molecule has 1 atom stereocenters. The highest BCUT2D eigenvalue weighted by atomic mass is 79.9. The van der Waals surface area contributed by atoms with Gasteiger partial charge < -0.3 is 9.84 Å². The lowest BCUT2D eigenvalue weighted by Gasteiger charge is -2.13. The molecular weight excluding hydrogens is 336 g/mol. The molecule has 2 rings (SSSR count). The molecule has 0 aliphatic carbocycles. The summed E-state index contributed by atoms with van der Waals surface area (Å²) in [6.45, 7) is 2.00. The van der Waals surface area contributed by atoms with E-state index in [9.17, 15) is 5.11 Å². The number of halogens is 2. The van der Waals surface area contributed by atoms with Gasteiger partial charge in [0.2, 0.25) is 0 Å². The Hall–Kier alpha value is -0.550. The van der Waals surface area contributed by atoms with Crippen molar-refractivity contribution < 1.29 is 9.84 Å². The van der Waals surface area contributed by atoms with Gasteiger partial charge in [0, 0.05) is 24.8 Å². The second kappa shape index (κ2) is 5.61. The van der Waals surface area contributed by atoms with Gasteiger partial charge in [-0.15, -0.1) is 11.3 Å². The monoisotopic (exact) mass is 346 g/mol. The van der Waals surface area contributed by atoms with Gasteiger partial charge in [0.15, 0.2) is 0 Å². The van der Waals surface area contributed by atoms with E-state index in [2.05, 4.69) is 15.9 Å². The second-order valence-corrected chi connectivity index (χ2v) is 6.42. The van der Waals surface area contributed by atoms with Crippen molar-refractivity contribution in [2.75, 3.05) is 7.11 Å². The van der Waals surface area contributed by atoms with Crippen molar-refractivity contribution in [3.63, 3.8) is 0 Å². The standard InChI is InChI=1S/C13H12BrClO2S/c1-7-10(14)6-12(18-7)13(16)9-4-3-8(15)5-11(9)17-2/h3-6,13,16H,1-2H3. The molecule has 1 unspecified atom stereocenters. The summed E-state index contributed by atoms with van der Waals surface area (Å²) in [5, 5.41) is 11.0. The Balaban J connectivity index is 2.42. The Bertz CT molecular complexity index is 549. The fraction of sp³-hybridized carbons (Fsp3) is 0.231. The molecule has 1 heterocycles. The van der Waals surface area contributed by atoms with Crippen molar-refractivity contribution in [3.05, 3.63) is 49.1 Å². The van der Waals surface area contributed by atoms with Gasteiger partial charge in [-0.2, -0.15) is 0 Å². The smallest absolute Gasteiger partial charge is 0.126 e. The molecule has 0 fully saturated rings. The zero-order valence-electron chi connectivity index (χ0n) is 9.91. The van der Waals surface area contributed by atoms with E-state index in [1.54, 1.807) is 36.6 Å². The third-order valence-corrected chi connectivity index (χ3v) is 5.06. The quantitative estimate of drug-likeness (QED) is 0.882. The third-order valence-electron chi connectivity index (χ3n) is 2.64. The minimum Gasteiger partial charge on any atom is -0.496 e. The first-order valence-corrected chi connectivity index (χ1v) is 7.29. The highest BCUT2D eigenvalue weighted by molar-refractivity contribution is 9.10. The molecule has 2 aromatic rings. The fourth-order valence-electron chi connectivity index (χ4n) is 1.68. The van der Waals surface area contributed by atoms with Crippen molar-refractivity contribution in [2.45, 2.75) is 13.0 Å². The van der Waals surface area contributed by atoms with Crippen LogP contribution in [0.2, 0.25) is 5.02 Å². The van der Waals surface area contributed by atoms with E-state index in [-0.39, 0.29) is 0 Å². The lowest BCUT2D eigenvalue weighted by molar-refractivity contribution is 0.218. The summed E-state index contributed by atoms with van der Waals surface area (Å²) in [6.07, 6.45) is -0.702. The van der Waals surface area contributed by atoms with Crippen LogP contribution in [0.3, 0.4) is 0 Å². The van der Waals surface area contributed by atoms with Crippen LogP contribution in [0.4, 0.5) is 0 Å². The molecule has 0 saturated carbocycles. The van der Waals surface area contributed by atoms with Gasteiger partial charge in [0.1, 0.15) is 11.9 Å². The number of aryl methyl sites for hydroxylation is 1. The summed E-state index contributed by atoms with van der Waals surface area (Å²) >= 11 is 10.9. The maximum absolute atomic E-state index is 10.4. The van der Waals surface area contributed by atoms with Gasteiger partial charge >= 0.3 is 0 Å². The summed E-state index contributed by atoms with van der Waals surface area (Å²) in [5.74, 6) is 0.595. The lowest BCUT2D eigenvalue weighted by Crippen LogP contribution is -2.00. The summed E-state index contributed by atoms with van der Waals surface area (Å²) in [6, 6.07) is 7.17. The van der Waals surface area contributed by atoms with E-state index >= 15 is 0 Å². The Morgan fingerprint density at radius 2 is 2.11 bits per heavy atom. The molecule has 5 heteroatoms. The predicted octanol–water partition coefficient (Wildman–Crippen LogP) is 4.56. The van der Waals surface area contributed by atoms with E-state index < -0.39 is 6.10 Å². The van der Waals surface area contributed by atoms with Gasteiger partial charge in [-0.3, -0.25) is 0 Å². The molecule has 18 heavy (non-hydrogen) atoms. The minimum atomic E-state index is -0.702. The minimum absolute atomic E-state index is 0.589. The fourth-order valence-corrected chi connectivity index (χ4v) is 3.41. The molecule has 1 aromatic heterocycles. The number of benzene rings is 1. The summed E-state index contributed by atoms with van der Waals surface area (Å²) in [7, 11) is 1.57. The van der Waals surface area contributed by atoms with Crippen LogP contribution in [0.5, 0.6) is 5.75 Å². The normalized spacial score (nSPS) is 12.5. The van der Waals surface area contributed by atoms with Crippen LogP contribution >= 0.6 is 38.9 Å². The zero-order chi connectivity index (χ0) is 13.3. The summed E-state index contributed by atoms with van der Waals surface area (Å²) in [4.78, 5) is 2.01. The molecule has 2 nitrogen and oxygen atoms in total. The Morgan fingerprint density at radius 3 is 2.67 bits per heavy atom. The van der Waals surface area contributed by atoms with Crippen LogP contribution in [-0.2, 0) is 0 Å². The number of ether oxygens (including phenoxy) is 1. The molecule has 0 saturated heterocycles. The zero-order valence-corrected chi connectivity index (χ0v) is 13.1. The number of hydrogen-bond acceptors (Lipinski definition) is 3. The average Bonchev–Trinajstić information content (AvgIpc) is 2.68. The summed E-state index contributed by atoms with van der Waals surface area (Å²) in [5.41, 5.74) is 0.718. The first-order valence-electron chi connectivity index (χ1n) is 5.30. The molecule has 0 radical (unpaired) electrons. The largest absolute Gasteiger partial charge is 0.496 e. The van der Waals surface area contributed by atoms with E-state index in [0.717, 1.165) is 19.8 Å². The molecule has 96 valence electrons. The van der Waals surface area contributed by atoms with Gasteiger partial charge in [-0.1, -0.05) is 17.7 Å². The Kier molecular flexibility index (Phi) is 4.33. The number of hydrogen-bond donors (Lipinski definition) is 1. The van der Waals surface area contributed by atoms with E-state index in [1.807, 2.05) is 13.0 Å². The molecule has 0 spiro atoms.